The van der Waals surface area contributed by atoms with Crippen molar-refractivity contribution >= 4 is 22.0 Å². The number of halogens is 7. The second kappa shape index (κ2) is 13.6. The molecule has 1 unspecified atom stereocenters. The van der Waals surface area contributed by atoms with Crippen LogP contribution in [-0.2, 0) is 29.2 Å². The fraction of sp³-hybridized carbons (Fsp3) is 0.800. The fourth-order valence-electron chi connectivity index (χ4n) is 2.79. The molecule has 0 aromatic heterocycles. The predicted octanol–water partition coefficient (Wildman–Crippen LogP) is 4.36. The Morgan fingerprint density at radius 1 is 0.944 bits per heavy atom. The van der Waals surface area contributed by atoms with Gasteiger partial charge >= 0.3 is 35.0 Å². The minimum Gasteiger partial charge on any atom is -0.743 e. The molecule has 0 aliphatic heterocycles. The summed E-state index contributed by atoms with van der Waals surface area (Å²) in [5.41, 5.74) is 0. The molecule has 0 aromatic rings. The van der Waals surface area contributed by atoms with Gasteiger partial charge in [-0.05, 0) is 25.7 Å². The molecule has 0 fully saturated rings. The molecular weight excluding hydrogens is 531 g/mol. The third-order valence-electron chi connectivity index (χ3n) is 4.85. The Kier molecular flexibility index (Phi) is 12.8. The largest absolute Gasteiger partial charge is 0.743 e. The number of amides is 1. The highest BCUT2D eigenvalue weighted by molar-refractivity contribution is 7.86. The number of esters is 1. The van der Waals surface area contributed by atoms with Crippen molar-refractivity contribution in [3.05, 3.63) is 12.7 Å². The van der Waals surface area contributed by atoms with Crippen LogP contribution in [0.1, 0.15) is 58.8 Å². The minimum absolute atomic E-state index is 0.146. The van der Waals surface area contributed by atoms with E-state index in [9.17, 15) is 53.3 Å². The number of nitrogens with zero attached hydrogens (tertiary/aromatic N) is 1. The maximum Gasteiger partial charge on any atom is 0.466 e. The highest BCUT2D eigenvalue weighted by atomic mass is 32.2. The van der Waals surface area contributed by atoms with Crippen LogP contribution in [0, 0.1) is 0 Å². The van der Waals surface area contributed by atoms with Gasteiger partial charge in [0.05, 0.1) is 6.61 Å². The third-order valence-corrected chi connectivity index (χ3v) is 5.77. The number of rotatable bonds is 17. The molecular formula is C20H29F7NO7S-. The third kappa shape index (κ3) is 8.57. The standard InChI is InChI=1S/C20H30F7NO7S/c1-4-7-12-28(13-8-5-2)16(30)18(19(23,24)25,35-15(29)6-3)34-14-10-9-11-17(21,22)20(26,27)36(31,32)33/h6H,3-5,7-14H2,1-2H3,(H,31,32,33)/p-1. The Bertz CT molecular complexity index is 842. The molecule has 0 aliphatic rings. The average Bonchev–Trinajstić information content (AvgIpc) is 2.75. The van der Waals surface area contributed by atoms with E-state index in [1.54, 1.807) is 13.8 Å². The Morgan fingerprint density at radius 2 is 1.44 bits per heavy atom. The van der Waals surface area contributed by atoms with Crippen molar-refractivity contribution in [2.24, 2.45) is 0 Å². The molecule has 0 rings (SSSR count). The number of hydrogen-bond donors (Lipinski definition) is 0. The van der Waals surface area contributed by atoms with E-state index in [0.717, 1.165) is 4.90 Å². The topological polar surface area (TPSA) is 113 Å². The minimum atomic E-state index is -6.73. The Hall–Kier alpha value is -1.94. The summed E-state index contributed by atoms with van der Waals surface area (Å²) >= 11 is 0. The molecule has 0 bridgehead atoms. The molecule has 0 saturated heterocycles. The van der Waals surface area contributed by atoms with Crippen LogP contribution < -0.4 is 0 Å². The van der Waals surface area contributed by atoms with Gasteiger partial charge in [0.2, 0.25) is 0 Å². The molecule has 0 aromatic carbocycles. The molecule has 0 saturated carbocycles. The number of unbranched alkanes of at least 4 members (excludes halogenated alkanes) is 3. The van der Waals surface area contributed by atoms with Crippen LogP contribution in [0.15, 0.2) is 12.7 Å². The molecule has 1 amide bonds. The summed E-state index contributed by atoms with van der Waals surface area (Å²) in [6.45, 7) is 4.91. The van der Waals surface area contributed by atoms with Gasteiger partial charge in [0.1, 0.15) is 0 Å². The van der Waals surface area contributed by atoms with Gasteiger partial charge in [-0.15, -0.1) is 0 Å². The van der Waals surface area contributed by atoms with Crippen molar-refractivity contribution in [1.82, 2.24) is 4.90 Å². The molecule has 16 heteroatoms. The van der Waals surface area contributed by atoms with Crippen LogP contribution in [0.3, 0.4) is 0 Å². The zero-order valence-corrected chi connectivity index (χ0v) is 20.5. The second-order valence-electron chi connectivity index (χ2n) is 7.72. The van der Waals surface area contributed by atoms with Crippen LogP contribution in [0.2, 0.25) is 0 Å². The van der Waals surface area contributed by atoms with Crippen molar-refractivity contribution in [3.63, 3.8) is 0 Å². The van der Waals surface area contributed by atoms with Gasteiger partial charge in [-0.3, -0.25) is 4.79 Å². The average molecular weight is 561 g/mol. The Balaban J connectivity index is 5.84. The van der Waals surface area contributed by atoms with Crippen molar-refractivity contribution < 1.29 is 62.8 Å². The summed E-state index contributed by atoms with van der Waals surface area (Å²) in [5.74, 6) is -13.0. The summed E-state index contributed by atoms with van der Waals surface area (Å²) in [4.78, 5) is 25.5. The van der Waals surface area contributed by atoms with Gasteiger partial charge in [-0.2, -0.15) is 30.7 Å². The zero-order valence-electron chi connectivity index (χ0n) is 19.7. The normalized spacial score (nSPS) is 14.7. The zero-order chi connectivity index (χ0) is 28.4. The van der Waals surface area contributed by atoms with Crippen LogP contribution in [0.25, 0.3) is 0 Å². The molecule has 1 atom stereocenters. The first-order chi connectivity index (χ1) is 16.3. The Morgan fingerprint density at radius 3 is 1.83 bits per heavy atom. The molecule has 0 heterocycles. The molecule has 36 heavy (non-hydrogen) atoms. The van der Waals surface area contributed by atoms with E-state index in [-0.39, 0.29) is 13.1 Å². The van der Waals surface area contributed by atoms with Gasteiger partial charge in [0.25, 0.3) is 0 Å². The lowest BCUT2D eigenvalue weighted by Gasteiger charge is -2.37. The maximum atomic E-state index is 14.1. The van der Waals surface area contributed by atoms with Crippen LogP contribution >= 0.6 is 0 Å². The monoisotopic (exact) mass is 560 g/mol. The van der Waals surface area contributed by atoms with Crippen LogP contribution in [-0.4, -0.2) is 72.6 Å². The summed E-state index contributed by atoms with van der Waals surface area (Å²) in [6.07, 6.45) is -7.48. The van der Waals surface area contributed by atoms with Gasteiger partial charge in [0.15, 0.2) is 10.1 Å². The van der Waals surface area contributed by atoms with Crippen LogP contribution in [0.5, 0.6) is 0 Å². The van der Waals surface area contributed by atoms with E-state index < -0.39 is 71.0 Å². The number of alkyl halides is 7. The summed E-state index contributed by atoms with van der Waals surface area (Å²) in [5, 5.41) is -5.95. The number of carbonyl (C=O) groups excluding carboxylic acids is 2. The van der Waals surface area contributed by atoms with E-state index in [1.807, 2.05) is 0 Å². The lowest BCUT2D eigenvalue weighted by atomic mass is 10.1. The molecule has 212 valence electrons. The smallest absolute Gasteiger partial charge is 0.466 e. The van der Waals surface area contributed by atoms with E-state index >= 15 is 0 Å². The lowest BCUT2D eigenvalue weighted by molar-refractivity contribution is -0.350. The van der Waals surface area contributed by atoms with Crippen molar-refractivity contribution in [2.75, 3.05) is 19.7 Å². The molecule has 0 spiro atoms. The van der Waals surface area contributed by atoms with Gasteiger partial charge in [-0.1, -0.05) is 33.3 Å². The lowest BCUT2D eigenvalue weighted by Crippen LogP contribution is -2.62. The van der Waals surface area contributed by atoms with Gasteiger partial charge in [0, 0.05) is 25.6 Å². The number of hydrogen-bond acceptors (Lipinski definition) is 7. The van der Waals surface area contributed by atoms with Crippen molar-refractivity contribution in [3.8, 4) is 0 Å². The SMILES string of the molecule is C=CC(=O)OC(OCCCCC(F)(F)C(F)(F)S(=O)(=O)[O-])(C(=O)N(CCCC)CCCC)C(F)(F)F. The summed E-state index contributed by atoms with van der Waals surface area (Å²) in [6, 6.07) is 0. The van der Waals surface area contributed by atoms with Gasteiger partial charge in [-0.25, -0.2) is 13.2 Å². The molecule has 0 aliphatic carbocycles. The van der Waals surface area contributed by atoms with Gasteiger partial charge < -0.3 is 18.9 Å². The first-order valence-electron chi connectivity index (χ1n) is 10.9. The van der Waals surface area contributed by atoms with Crippen LogP contribution in [0.4, 0.5) is 30.7 Å². The summed E-state index contributed by atoms with van der Waals surface area (Å²) in [7, 11) is -6.73. The second-order valence-corrected chi connectivity index (χ2v) is 9.14. The number of carbonyl (C=O) groups is 2. The summed E-state index contributed by atoms with van der Waals surface area (Å²) < 4.78 is 136. The first kappa shape index (κ1) is 34.1. The van der Waals surface area contributed by atoms with Crippen molar-refractivity contribution in [2.45, 2.75) is 81.9 Å². The quantitative estimate of drug-likeness (QED) is 0.0649. The Labute approximate surface area is 204 Å². The van der Waals surface area contributed by atoms with E-state index in [2.05, 4.69) is 16.1 Å². The highest BCUT2D eigenvalue weighted by Gasteiger charge is 2.67. The maximum absolute atomic E-state index is 14.1. The fourth-order valence-corrected chi connectivity index (χ4v) is 3.26. The molecule has 0 radical (unpaired) electrons. The number of ether oxygens (including phenoxy) is 2. The predicted molar refractivity (Wildman–Crippen MR) is 111 cm³/mol. The molecule has 8 nitrogen and oxygen atoms in total. The highest BCUT2D eigenvalue weighted by Crippen LogP contribution is 2.42. The van der Waals surface area contributed by atoms with Crippen molar-refractivity contribution in [1.29, 1.82) is 0 Å². The first-order valence-corrected chi connectivity index (χ1v) is 12.3. The van der Waals surface area contributed by atoms with E-state index in [4.69, 9.17) is 0 Å². The molecule has 0 N–H and O–H groups in total. The van der Waals surface area contributed by atoms with E-state index in [0.29, 0.717) is 31.8 Å². The van der Waals surface area contributed by atoms with E-state index in [1.165, 1.54) is 0 Å².